The first kappa shape index (κ1) is 23.2. The molecule has 1 atom stereocenters. The lowest BCUT2D eigenvalue weighted by Crippen LogP contribution is -2.58. The Kier molecular flexibility index (Phi) is 6.89. The van der Waals surface area contributed by atoms with E-state index < -0.39 is 0 Å². The number of benzene rings is 1. The van der Waals surface area contributed by atoms with E-state index in [4.69, 9.17) is 9.47 Å². The summed E-state index contributed by atoms with van der Waals surface area (Å²) in [7, 11) is 0. The lowest BCUT2D eigenvalue weighted by Gasteiger charge is -2.49. The Morgan fingerprint density at radius 1 is 1.31 bits per heavy atom. The highest BCUT2D eigenvalue weighted by atomic mass is 32.1. The minimum Gasteiger partial charge on any atom is -0.491 e. The van der Waals surface area contributed by atoms with Crippen LogP contribution in [0.15, 0.2) is 24.4 Å². The maximum absolute atomic E-state index is 13.2. The number of aromatic nitrogens is 1. The number of likely N-dealkylation sites (N-methyl/N-ethyl adjacent to an activating group) is 1. The average molecular weight is 458 g/mol. The second kappa shape index (κ2) is 9.49. The zero-order valence-corrected chi connectivity index (χ0v) is 20.7. The number of carbonyl (C=O) groups excluding carboxylic acids is 1. The Bertz CT molecular complexity index is 950. The van der Waals surface area contributed by atoms with Crippen LogP contribution in [0.2, 0.25) is 0 Å². The van der Waals surface area contributed by atoms with Crippen LogP contribution in [-0.4, -0.2) is 65.1 Å². The Balaban J connectivity index is 1.43. The summed E-state index contributed by atoms with van der Waals surface area (Å²) in [6, 6.07) is 5.74. The maximum atomic E-state index is 13.2. The summed E-state index contributed by atoms with van der Waals surface area (Å²) in [6.45, 7) is 14.5. The van der Waals surface area contributed by atoms with Crippen LogP contribution in [0.4, 0.5) is 0 Å². The molecule has 1 amide bonds. The van der Waals surface area contributed by atoms with Crippen LogP contribution in [0.25, 0.3) is 0 Å². The molecule has 32 heavy (non-hydrogen) atoms. The summed E-state index contributed by atoms with van der Waals surface area (Å²) >= 11 is 1.73. The van der Waals surface area contributed by atoms with E-state index in [1.807, 2.05) is 50.1 Å². The van der Waals surface area contributed by atoms with Crippen molar-refractivity contribution in [3.63, 3.8) is 0 Å². The van der Waals surface area contributed by atoms with Crippen LogP contribution in [0, 0.1) is 13.8 Å². The quantitative estimate of drug-likeness (QED) is 0.656. The number of amides is 1. The molecule has 4 rings (SSSR count). The molecule has 2 aliphatic rings. The molecule has 174 valence electrons. The lowest BCUT2D eigenvalue weighted by atomic mass is 9.88. The number of carbonyl (C=O) groups is 1. The highest BCUT2D eigenvalue weighted by Gasteiger charge is 2.44. The maximum Gasteiger partial charge on any atom is 0.253 e. The van der Waals surface area contributed by atoms with E-state index in [-0.39, 0.29) is 23.7 Å². The van der Waals surface area contributed by atoms with Crippen LogP contribution in [0.1, 0.15) is 65.5 Å². The molecule has 0 aliphatic carbocycles. The molecule has 2 aromatic rings. The monoisotopic (exact) mass is 457 g/mol. The van der Waals surface area contributed by atoms with E-state index >= 15 is 0 Å². The van der Waals surface area contributed by atoms with Gasteiger partial charge in [-0.2, -0.15) is 0 Å². The Morgan fingerprint density at radius 2 is 2.06 bits per heavy atom. The van der Waals surface area contributed by atoms with Crippen LogP contribution < -0.4 is 4.74 Å². The molecule has 1 unspecified atom stereocenters. The van der Waals surface area contributed by atoms with Crippen LogP contribution >= 0.6 is 11.3 Å². The molecule has 0 saturated carbocycles. The van der Waals surface area contributed by atoms with Gasteiger partial charge in [-0.3, -0.25) is 9.69 Å². The van der Waals surface area contributed by atoms with Crippen LogP contribution in [0.5, 0.6) is 5.75 Å². The van der Waals surface area contributed by atoms with Crippen molar-refractivity contribution >= 4 is 17.2 Å². The van der Waals surface area contributed by atoms with Gasteiger partial charge in [-0.1, -0.05) is 6.92 Å². The van der Waals surface area contributed by atoms with Gasteiger partial charge in [-0.05, 0) is 70.8 Å². The Hall–Kier alpha value is -1.96. The van der Waals surface area contributed by atoms with Gasteiger partial charge in [0.05, 0.1) is 11.7 Å². The predicted octanol–water partition coefficient (Wildman–Crippen LogP) is 4.62. The first-order valence-electron chi connectivity index (χ1n) is 11.7. The highest BCUT2D eigenvalue weighted by molar-refractivity contribution is 7.11. The Labute approximate surface area is 195 Å². The minimum atomic E-state index is -0.208. The van der Waals surface area contributed by atoms with Gasteiger partial charge < -0.3 is 14.4 Å². The van der Waals surface area contributed by atoms with Crippen molar-refractivity contribution in [2.75, 3.05) is 32.7 Å². The van der Waals surface area contributed by atoms with E-state index in [0.29, 0.717) is 13.1 Å². The molecule has 2 saturated heterocycles. The van der Waals surface area contributed by atoms with Gasteiger partial charge in [-0.25, -0.2) is 4.98 Å². The number of rotatable bonds is 5. The Morgan fingerprint density at radius 3 is 2.66 bits per heavy atom. The van der Waals surface area contributed by atoms with E-state index in [2.05, 4.69) is 23.7 Å². The third kappa shape index (κ3) is 5.00. The van der Waals surface area contributed by atoms with Gasteiger partial charge in [0.1, 0.15) is 16.9 Å². The molecule has 6 nitrogen and oxygen atoms in total. The third-order valence-electron chi connectivity index (χ3n) is 6.44. The second-order valence-electron chi connectivity index (χ2n) is 9.37. The van der Waals surface area contributed by atoms with Crippen molar-refractivity contribution in [3.8, 4) is 5.75 Å². The van der Waals surface area contributed by atoms with Crippen molar-refractivity contribution in [2.24, 2.45) is 0 Å². The lowest BCUT2D eigenvalue weighted by molar-refractivity contribution is -0.175. The fourth-order valence-corrected chi connectivity index (χ4v) is 5.51. The SMILES string of the molecule is CCN1CC(c2ncc(C)s2)OC2(CCN(C(=O)c3ccc(OC(C)C)c(C)c3)CC2)C1. The second-order valence-corrected chi connectivity index (χ2v) is 10.6. The average Bonchev–Trinajstić information content (AvgIpc) is 3.21. The summed E-state index contributed by atoms with van der Waals surface area (Å²) in [5.74, 6) is 0.933. The van der Waals surface area contributed by atoms with E-state index in [0.717, 1.165) is 54.4 Å². The number of aryl methyl sites for hydroxylation is 2. The van der Waals surface area contributed by atoms with Crippen LogP contribution in [0.3, 0.4) is 0 Å². The van der Waals surface area contributed by atoms with Gasteiger partial charge in [0.25, 0.3) is 5.91 Å². The summed E-state index contributed by atoms with van der Waals surface area (Å²) in [5.41, 5.74) is 1.51. The molecular weight excluding hydrogens is 422 g/mol. The van der Waals surface area contributed by atoms with Gasteiger partial charge in [0.2, 0.25) is 0 Å². The molecule has 1 aromatic heterocycles. The molecule has 7 heteroatoms. The van der Waals surface area contributed by atoms with E-state index in [9.17, 15) is 4.79 Å². The van der Waals surface area contributed by atoms with E-state index in [1.54, 1.807) is 11.3 Å². The number of thiazole rings is 1. The number of hydrogen-bond acceptors (Lipinski definition) is 6. The van der Waals surface area contributed by atoms with Crippen molar-refractivity contribution < 1.29 is 14.3 Å². The smallest absolute Gasteiger partial charge is 0.253 e. The molecule has 3 heterocycles. The fraction of sp³-hybridized carbons (Fsp3) is 0.600. The summed E-state index contributed by atoms with van der Waals surface area (Å²) in [6.07, 6.45) is 3.76. The van der Waals surface area contributed by atoms with Gasteiger partial charge in [0.15, 0.2) is 0 Å². The summed E-state index contributed by atoms with van der Waals surface area (Å²) in [4.78, 5) is 23.4. The molecule has 1 aromatic carbocycles. The summed E-state index contributed by atoms with van der Waals surface area (Å²) < 4.78 is 12.5. The zero-order valence-electron chi connectivity index (χ0n) is 19.9. The highest BCUT2D eigenvalue weighted by Crippen LogP contribution is 2.39. The molecule has 0 N–H and O–H groups in total. The predicted molar refractivity (Wildman–Crippen MR) is 128 cm³/mol. The first-order valence-corrected chi connectivity index (χ1v) is 12.5. The number of hydrogen-bond donors (Lipinski definition) is 0. The number of nitrogens with zero attached hydrogens (tertiary/aromatic N) is 3. The molecule has 0 radical (unpaired) electrons. The normalized spacial score (nSPS) is 21.3. The van der Waals surface area contributed by atoms with E-state index in [1.165, 1.54) is 4.88 Å². The zero-order chi connectivity index (χ0) is 22.9. The van der Waals surface area contributed by atoms with Crippen molar-refractivity contribution in [1.82, 2.24) is 14.8 Å². The summed E-state index contributed by atoms with van der Waals surface area (Å²) in [5, 5.41) is 1.07. The molecule has 1 spiro atoms. The van der Waals surface area contributed by atoms with Gasteiger partial charge in [-0.15, -0.1) is 11.3 Å². The number of likely N-dealkylation sites (tertiary alicyclic amines) is 1. The standard InChI is InChI=1S/C25H35N3O3S/c1-6-27-15-22(23-26-14-19(5)32-23)31-25(16-27)9-11-28(12-10-25)24(29)20-7-8-21(18(4)13-20)30-17(2)3/h7-8,13-14,17,22H,6,9-12,15-16H2,1-5H3. The topological polar surface area (TPSA) is 54.9 Å². The van der Waals surface area contributed by atoms with Crippen molar-refractivity contribution in [1.29, 1.82) is 0 Å². The fourth-order valence-electron chi connectivity index (χ4n) is 4.72. The van der Waals surface area contributed by atoms with Crippen LogP contribution in [-0.2, 0) is 4.74 Å². The van der Waals surface area contributed by atoms with Crippen molar-refractivity contribution in [2.45, 2.75) is 65.3 Å². The molecular formula is C25H35N3O3S. The molecule has 2 aliphatic heterocycles. The number of ether oxygens (including phenoxy) is 2. The van der Waals surface area contributed by atoms with Gasteiger partial charge >= 0.3 is 0 Å². The van der Waals surface area contributed by atoms with Crippen molar-refractivity contribution in [3.05, 3.63) is 45.4 Å². The molecule has 0 bridgehead atoms. The number of piperidine rings is 1. The number of morpholine rings is 1. The molecule has 2 fully saturated rings. The minimum absolute atomic E-state index is 0.0146. The first-order chi connectivity index (χ1) is 15.3. The van der Waals surface area contributed by atoms with Gasteiger partial charge in [0, 0.05) is 42.8 Å². The largest absolute Gasteiger partial charge is 0.491 e. The third-order valence-corrected chi connectivity index (χ3v) is 7.44.